The predicted molar refractivity (Wildman–Crippen MR) is 56.3 cm³/mol. The fraction of sp³-hybridized carbons (Fsp3) is 0.0909. The van der Waals surface area contributed by atoms with E-state index in [1.54, 1.807) is 30.3 Å². The predicted octanol–water partition coefficient (Wildman–Crippen LogP) is 3.11. The lowest BCUT2D eigenvalue weighted by Gasteiger charge is -2.00. The molecule has 3 nitrogen and oxygen atoms in total. The summed E-state index contributed by atoms with van der Waals surface area (Å²) < 4.78 is 41.3. The van der Waals surface area contributed by atoms with Crippen molar-refractivity contribution in [2.45, 2.75) is 6.18 Å². The minimum atomic E-state index is -5.08. The summed E-state index contributed by atoms with van der Waals surface area (Å²) in [5, 5.41) is 11.2. The molecule has 2 rings (SSSR count). The molecule has 2 aromatic rings. The first-order valence-electron chi connectivity index (χ1n) is 4.70. The minimum absolute atomic E-state index is 0.0202. The second-order valence-electron chi connectivity index (χ2n) is 3.30. The highest BCUT2D eigenvalue weighted by molar-refractivity contribution is 7.17. The highest BCUT2D eigenvalue weighted by atomic mass is 32.1. The van der Waals surface area contributed by atoms with E-state index in [0.717, 1.165) is 0 Å². The summed E-state index contributed by atoms with van der Waals surface area (Å²) >= 11 is 0.399. The van der Waals surface area contributed by atoms with Crippen LogP contribution in [0.2, 0.25) is 0 Å². The summed E-state index contributed by atoms with van der Waals surface area (Å²) in [6, 6.07) is 8.12. The number of alkyl halides is 3. The molecule has 1 heterocycles. The maximum absolute atomic E-state index is 12.2. The molecule has 0 aliphatic rings. The van der Waals surface area contributed by atoms with Crippen molar-refractivity contribution in [1.82, 2.24) is 0 Å². The van der Waals surface area contributed by atoms with Crippen molar-refractivity contribution in [2.75, 3.05) is 0 Å². The van der Waals surface area contributed by atoms with E-state index in [-0.39, 0.29) is 5.07 Å². The first kappa shape index (κ1) is 12.6. The second-order valence-corrected chi connectivity index (χ2v) is 4.28. The van der Waals surface area contributed by atoms with E-state index >= 15 is 0 Å². The van der Waals surface area contributed by atoms with Crippen LogP contribution < -0.4 is 5.11 Å². The average molecular weight is 274 g/mol. The third kappa shape index (κ3) is 2.35. The van der Waals surface area contributed by atoms with Gasteiger partial charge in [0.2, 0.25) is 0 Å². The van der Waals surface area contributed by atoms with Crippen molar-refractivity contribution in [3.63, 3.8) is 0 Å². The van der Waals surface area contributed by atoms with E-state index in [4.69, 9.17) is 0 Å². The molecule has 0 aliphatic carbocycles. The Labute approximate surface area is 103 Å². The van der Waals surface area contributed by atoms with Gasteiger partial charge in [0.1, 0.15) is 0 Å². The summed E-state index contributed by atoms with van der Waals surface area (Å²) in [5.41, 5.74) is 0.445. The monoisotopic (exact) mass is 274 g/mol. The summed E-state index contributed by atoms with van der Waals surface area (Å²) in [5.74, 6) is -3.44. The lowest BCUT2D eigenvalue weighted by molar-refractivity contribution is -0.294. The van der Waals surface area contributed by atoms with Crippen molar-refractivity contribution in [3.8, 4) is 16.6 Å². The normalized spacial score (nSPS) is 11.5. The van der Waals surface area contributed by atoms with E-state index in [2.05, 4.69) is 4.42 Å². The number of rotatable bonds is 2. The van der Waals surface area contributed by atoms with Crippen LogP contribution >= 0.6 is 11.3 Å². The Morgan fingerprint density at radius 1 is 1.22 bits per heavy atom. The molecule has 18 heavy (non-hydrogen) atoms. The van der Waals surface area contributed by atoms with Gasteiger partial charge in [-0.25, -0.2) is 5.11 Å². The zero-order valence-corrected chi connectivity index (χ0v) is 9.47. The molecule has 1 aromatic carbocycles. The molecule has 0 bridgehead atoms. The Balaban J connectivity index is 2.43. The largest absolute Gasteiger partial charge is 0.456 e. The number of carbonyl (C=O) groups excluding carboxylic acids is 1. The van der Waals surface area contributed by atoms with E-state index in [1.807, 2.05) is 0 Å². The summed E-state index contributed by atoms with van der Waals surface area (Å²) in [4.78, 5) is 10.0. The number of benzene rings is 1. The highest BCUT2D eigenvalue weighted by Crippen LogP contribution is 2.37. The van der Waals surface area contributed by atoms with Crippen LogP contribution in [0.15, 0.2) is 34.7 Å². The zero-order valence-electron chi connectivity index (χ0n) is 8.65. The molecule has 94 valence electrons. The molecule has 0 fully saturated rings. The van der Waals surface area contributed by atoms with E-state index < -0.39 is 22.8 Å². The van der Waals surface area contributed by atoms with Crippen molar-refractivity contribution >= 4 is 17.1 Å². The van der Waals surface area contributed by atoms with Crippen LogP contribution in [0.25, 0.3) is 10.6 Å². The van der Waals surface area contributed by atoms with Gasteiger partial charge in [-0.05, 0) is 0 Å². The molecule has 0 radical (unpaired) electrons. The second kappa shape index (κ2) is 4.41. The van der Waals surface area contributed by atoms with Gasteiger partial charge in [-0.3, -0.25) is 4.79 Å². The van der Waals surface area contributed by atoms with Crippen LogP contribution in [-0.2, 0) is 0 Å². The van der Waals surface area contributed by atoms with Gasteiger partial charge >= 0.3 is 12.1 Å². The maximum Gasteiger partial charge on any atom is 0.456 e. The Bertz CT molecular complexity index is 575. The fourth-order valence-corrected chi connectivity index (χ4v) is 2.14. The fourth-order valence-electron chi connectivity index (χ4n) is 1.25. The van der Waals surface area contributed by atoms with E-state index in [1.165, 1.54) is 0 Å². The maximum atomic E-state index is 12.2. The van der Waals surface area contributed by atoms with Gasteiger partial charge < -0.3 is 4.42 Å². The zero-order chi connectivity index (χ0) is 13.3. The number of halogens is 3. The Kier molecular flexibility index (Phi) is 3.08. The van der Waals surface area contributed by atoms with Gasteiger partial charge in [-0.2, -0.15) is 13.2 Å². The van der Waals surface area contributed by atoms with Crippen molar-refractivity contribution in [3.05, 3.63) is 35.2 Å². The minimum Gasteiger partial charge on any atom is -0.410 e. The molecule has 1 aromatic heterocycles. The summed E-state index contributed by atoms with van der Waals surface area (Å²) in [7, 11) is 0. The molecule has 0 saturated carbocycles. The van der Waals surface area contributed by atoms with Crippen LogP contribution in [0, 0.1) is 0 Å². The first-order chi connectivity index (χ1) is 8.39. The number of hydrogen-bond acceptors (Lipinski definition) is 3. The third-order valence-corrected chi connectivity index (χ3v) is 3.10. The van der Waals surface area contributed by atoms with Crippen LogP contribution in [-0.4, -0.2) is 12.0 Å². The first-order valence-corrected chi connectivity index (χ1v) is 5.52. The molecular formula is C11H5F3O3S. The molecule has 0 saturated heterocycles. The average Bonchev–Trinajstić information content (AvgIpc) is 2.70. The van der Waals surface area contributed by atoms with Crippen molar-refractivity contribution in [2.24, 2.45) is 0 Å². The van der Waals surface area contributed by atoms with E-state index in [9.17, 15) is 23.1 Å². The van der Waals surface area contributed by atoms with Crippen molar-refractivity contribution in [1.29, 1.82) is 0 Å². The van der Waals surface area contributed by atoms with Crippen LogP contribution in [0.4, 0.5) is 13.2 Å². The number of Topliss-reactive ketones (excluding diaryl/α,β-unsaturated/α-hetero) is 1. The standard InChI is InChI=1S/C11H5F3O3S/c12-11(13,14)8(15)7-9(16)17-10(18-7)6-4-2-1-3-5-6/h1-5H. The van der Waals surface area contributed by atoms with Gasteiger partial charge in [-0.15, -0.1) is 0 Å². The molecule has 7 heteroatoms. The number of hydrogen-bond donors (Lipinski definition) is 0. The van der Waals surface area contributed by atoms with Crippen molar-refractivity contribution < 1.29 is 27.5 Å². The SMILES string of the molecule is O=C(c1sc(-c2ccccc2)[o+]c1[O-])C(F)(F)F. The van der Waals surface area contributed by atoms with Gasteiger partial charge in [0, 0.05) is 5.56 Å². The Morgan fingerprint density at radius 3 is 2.39 bits per heavy atom. The van der Waals surface area contributed by atoms with Gasteiger partial charge in [0.25, 0.3) is 5.78 Å². The Hall–Kier alpha value is -1.89. The van der Waals surface area contributed by atoms with Gasteiger partial charge in [0.05, 0.1) is 0 Å². The molecule has 0 atom stereocenters. The van der Waals surface area contributed by atoms with Crippen LogP contribution in [0.5, 0.6) is 5.95 Å². The summed E-state index contributed by atoms with van der Waals surface area (Å²) in [6.07, 6.45) is -5.08. The summed E-state index contributed by atoms with van der Waals surface area (Å²) in [6.45, 7) is 0. The number of ketones is 1. The molecule has 0 aliphatic heterocycles. The molecule has 0 amide bonds. The lowest BCUT2D eigenvalue weighted by atomic mass is 10.2. The third-order valence-electron chi connectivity index (χ3n) is 2.04. The van der Waals surface area contributed by atoms with Crippen LogP contribution in [0.1, 0.15) is 9.67 Å². The smallest absolute Gasteiger partial charge is 0.410 e. The molecule has 0 spiro atoms. The quantitative estimate of drug-likeness (QED) is 0.624. The van der Waals surface area contributed by atoms with E-state index in [0.29, 0.717) is 16.9 Å². The van der Waals surface area contributed by atoms with Crippen LogP contribution in [0.3, 0.4) is 0 Å². The number of carbonyl (C=O) groups is 1. The van der Waals surface area contributed by atoms with Gasteiger partial charge in [-0.1, -0.05) is 41.7 Å². The molecule has 0 N–H and O–H groups in total. The highest BCUT2D eigenvalue weighted by Gasteiger charge is 2.43. The molecule has 0 unspecified atom stereocenters. The molecular weight excluding hydrogens is 269 g/mol. The lowest BCUT2D eigenvalue weighted by Crippen LogP contribution is -2.22. The Morgan fingerprint density at radius 2 is 1.83 bits per heavy atom. The van der Waals surface area contributed by atoms with Gasteiger partial charge in [0.15, 0.2) is 9.95 Å². The topological polar surface area (TPSA) is 51.4 Å².